The van der Waals surface area contributed by atoms with E-state index in [1.165, 1.54) is 30.9 Å². The molecule has 2 heterocycles. The van der Waals surface area contributed by atoms with Gasteiger partial charge in [-0.1, -0.05) is 23.4 Å². The summed E-state index contributed by atoms with van der Waals surface area (Å²) in [6.07, 6.45) is 1.64. The molecule has 0 spiro atoms. The summed E-state index contributed by atoms with van der Waals surface area (Å²) in [4.78, 5) is 41.9. The molecule has 3 aromatic carbocycles. The minimum absolute atomic E-state index is 0.111. The van der Waals surface area contributed by atoms with Crippen LogP contribution in [0.2, 0.25) is 0 Å². The summed E-state index contributed by atoms with van der Waals surface area (Å²) in [7, 11) is 4.31. The second kappa shape index (κ2) is 13.3. The van der Waals surface area contributed by atoms with Gasteiger partial charge in [0.25, 0.3) is 0 Å². The van der Waals surface area contributed by atoms with Crippen LogP contribution in [0.4, 0.5) is 5.69 Å². The van der Waals surface area contributed by atoms with Crippen molar-refractivity contribution in [3.05, 3.63) is 77.9 Å². The number of nitrogens with one attached hydrogen (secondary N) is 1. The average Bonchev–Trinajstić information content (AvgIpc) is 3.72. The van der Waals surface area contributed by atoms with E-state index in [2.05, 4.69) is 15.6 Å². The molecule has 2 amide bonds. The van der Waals surface area contributed by atoms with Gasteiger partial charge in [-0.25, -0.2) is 9.48 Å². The molecule has 0 unspecified atom stereocenters. The Hall–Kier alpha value is -4.97. The van der Waals surface area contributed by atoms with Crippen molar-refractivity contribution in [1.29, 1.82) is 0 Å². The number of benzene rings is 3. The van der Waals surface area contributed by atoms with Crippen LogP contribution in [-0.4, -0.2) is 73.4 Å². The van der Waals surface area contributed by atoms with Crippen molar-refractivity contribution < 1.29 is 33.3 Å². The SMILES string of the molecule is COC(=O)c1ccc(N(C(=O)Cn2nnc3ccccc32)[C@H](C(=O)NC[C@H]2CCCO2)c2ccc(OC)c(OC)c2)cc1. The zero-order valence-electron chi connectivity index (χ0n) is 24.2. The number of hydrogen-bond acceptors (Lipinski definition) is 9. The van der Waals surface area contributed by atoms with Gasteiger partial charge in [0.2, 0.25) is 11.8 Å². The van der Waals surface area contributed by atoms with E-state index in [9.17, 15) is 14.4 Å². The molecule has 5 rings (SSSR count). The maximum absolute atomic E-state index is 14.3. The highest BCUT2D eigenvalue weighted by molar-refractivity contribution is 6.02. The van der Waals surface area contributed by atoms with Crippen LogP contribution >= 0.6 is 0 Å². The van der Waals surface area contributed by atoms with Gasteiger partial charge in [0.15, 0.2) is 11.5 Å². The largest absolute Gasteiger partial charge is 0.493 e. The summed E-state index contributed by atoms with van der Waals surface area (Å²) >= 11 is 0. The molecule has 0 aliphatic carbocycles. The lowest BCUT2D eigenvalue weighted by Gasteiger charge is -2.32. The summed E-state index contributed by atoms with van der Waals surface area (Å²) in [5.41, 5.74) is 2.47. The second-order valence-corrected chi connectivity index (χ2v) is 9.94. The van der Waals surface area contributed by atoms with E-state index in [4.69, 9.17) is 18.9 Å². The summed E-state index contributed by atoms with van der Waals surface area (Å²) in [6.45, 7) is 0.727. The Kier molecular flexibility index (Phi) is 9.16. The molecule has 0 bridgehead atoms. The average molecular weight is 588 g/mol. The molecular formula is C31H33N5O7. The molecule has 0 radical (unpaired) electrons. The number of esters is 1. The van der Waals surface area contributed by atoms with E-state index in [0.717, 1.165) is 12.8 Å². The molecule has 12 nitrogen and oxygen atoms in total. The predicted molar refractivity (Wildman–Crippen MR) is 157 cm³/mol. The van der Waals surface area contributed by atoms with Crippen molar-refractivity contribution in [1.82, 2.24) is 20.3 Å². The Morgan fingerprint density at radius 1 is 1.02 bits per heavy atom. The van der Waals surface area contributed by atoms with Gasteiger partial charge in [-0.15, -0.1) is 5.10 Å². The van der Waals surface area contributed by atoms with Crippen LogP contribution in [-0.2, 0) is 25.6 Å². The Labute approximate surface area is 248 Å². The van der Waals surface area contributed by atoms with Gasteiger partial charge in [0.05, 0.1) is 38.5 Å². The lowest BCUT2D eigenvalue weighted by Crippen LogP contribution is -2.46. The molecule has 2 atom stereocenters. The number of carbonyl (C=O) groups excluding carboxylic acids is 3. The molecule has 4 aromatic rings. The number of aromatic nitrogens is 3. The van der Waals surface area contributed by atoms with Crippen molar-refractivity contribution in [3.63, 3.8) is 0 Å². The number of para-hydroxylation sites is 1. The van der Waals surface area contributed by atoms with Crippen LogP contribution in [0, 0.1) is 0 Å². The first-order chi connectivity index (χ1) is 20.9. The van der Waals surface area contributed by atoms with Gasteiger partial charge >= 0.3 is 5.97 Å². The number of hydrogen-bond donors (Lipinski definition) is 1. The zero-order chi connectivity index (χ0) is 30.3. The van der Waals surface area contributed by atoms with Gasteiger partial charge in [0, 0.05) is 18.8 Å². The van der Waals surface area contributed by atoms with E-state index in [1.807, 2.05) is 18.2 Å². The van der Waals surface area contributed by atoms with E-state index in [0.29, 0.717) is 52.5 Å². The molecule has 0 saturated carbocycles. The smallest absolute Gasteiger partial charge is 0.337 e. The molecule has 1 aliphatic heterocycles. The number of amides is 2. The minimum Gasteiger partial charge on any atom is -0.493 e. The lowest BCUT2D eigenvalue weighted by molar-refractivity contribution is -0.127. The molecule has 1 N–H and O–H groups in total. The minimum atomic E-state index is -1.13. The summed E-state index contributed by atoms with van der Waals surface area (Å²) in [5.74, 6) is -0.513. The van der Waals surface area contributed by atoms with Crippen LogP contribution in [0.15, 0.2) is 66.7 Å². The van der Waals surface area contributed by atoms with Crippen molar-refractivity contribution >= 4 is 34.5 Å². The normalized spacial score (nSPS) is 15.1. The van der Waals surface area contributed by atoms with Gasteiger partial charge in [-0.3, -0.25) is 14.5 Å². The summed E-state index contributed by atoms with van der Waals surface area (Å²) < 4.78 is 23.0. The molecule has 1 aliphatic rings. The molecular weight excluding hydrogens is 554 g/mol. The third-order valence-electron chi connectivity index (χ3n) is 7.30. The van der Waals surface area contributed by atoms with E-state index in [-0.39, 0.29) is 12.6 Å². The topological polar surface area (TPSA) is 134 Å². The van der Waals surface area contributed by atoms with Crippen LogP contribution in [0.25, 0.3) is 11.0 Å². The maximum atomic E-state index is 14.3. The Balaban J connectivity index is 1.59. The number of anilines is 1. The third-order valence-corrected chi connectivity index (χ3v) is 7.30. The molecule has 1 fully saturated rings. The first-order valence-corrected chi connectivity index (χ1v) is 13.8. The fourth-order valence-electron chi connectivity index (χ4n) is 5.11. The van der Waals surface area contributed by atoms with Crippen LogP contribution < -0.4 is 19.7 Å². The van der Waals surface area contributed by atoms with Crippen LogP contribution in [0.3, 0.4) is 0 Å². The Morgan fingerprint density at radius 3 is 2.49 bits per heavy atom. The van der Waals surface area contributed by atoms with Gasteiger partial charge in [0.1, 0.15) is 18.1 Å². The van der Waals surface area contributed by atoms with Crippen molar-refractivity contribution in [3.8, 4) is 11.5 Å². The zero-order valence-corrected chi connectivity index (χ0v) is 24.2. The number of ether oxygens (including phenoxy) is 4. The van der Waals surface area contributed by atoms with E-state index < -0.39 is 23.8 Å². The number of methoxy groups -OCH3 is 3. The first kappa shape index (κ1) is 29.5. The van der Waals surface area contributed by atoms with Crippen LogP contribution in [0.5, 0.6) is 11.5 Å². The molecule has 12 heteroatoms. The highest BCUT2D eigenvalue weighted by Gasteiger charge is 2.34. The van der Waals surface area contributed by atoms with E-state index in [1.54, 1.807) is 48.5 Å². The van der Waals surface area contributed by atoms with Gasteiger partial charge in [-0.2, -0.15) is 0 Å². The fraction of sp³-hybridized carbons (Fsp3) is 0.323. The molecule has 1 aromatic heterocycles. The third kappa shape index (κ3) is 6.44. The first-order valence-electron chi connectivity index (χ1n) is 13.8. The maximum Gasteiger partial charge on any atom is 0.337 e. The lowest BCUT2D eigenvalue weighted by atomic mass is 10.0. The molecule has 224 valence electrons. The van der Waals surface area contributed by atoms with Crippen LogP contribution in [0.1, 0.15) is 34.8 Å². The number of fused-ring (bicyclic) bond motifs is 1. The Bertz CT molecular complexity index is 1600. The molecule has 1 saturated heterocycles. The number of nitrogens with zero attached hydrogens (tertiary/aromatic N) is 4. The predicted octanol–water partition coefficient (Wildman–Crippen LogP) is 3.30. The van der Waals surface area contributed by atoms with Crippen molar-refractivity contribution in [2.24, 2.45) is 0 Å². The highest BCUT2D eigenvalue weighted by atomic mass is 16.5. The summed E-state index contributed by atoms with van der Waals surface area (Å²) in [5, 5.41) is 11.3. The van der Waals surface area contributed by atoms with Crippen molar-refractivity contribution in [2.45, 2.75) is 31.5 Å². The van der Waals surface area contributed by atoms with E-state index >= 15 is 0 Å². The second-order valence-electron chi connectivity index (χ2n) is 9.94. The van der Waals surface area contributed by atoms with Gasteiger partial charge in [-0.05, 0) is 66.9 Å². The number of carbonyl (C=O) groups is 3. The fourth-order valence-corrected chi connectivity index (χ4v) is 5.11. The Morgan fingerprint density at radius 2 is 1.79 bits per heavy atom. The molecule has 43 heavy (non-hydrogen) atoms. The van der Waals surface area contributed by atoms with Gasteiger partial charge < -0.3 is 24.3 Å². The number of rotatable bonds is 11. The quantitative estimate of drug-likeness (QED) is 0.262. The highest BCUT2D eigenvalue weighted by Crippen LogP contribution is 2.35. The monoisotopic (exact) mass is 587 g/mol. The standard InChI is InChI=1S/C31H33N5O7/c1-40-26-15-12-21(17-27(26)41-2)29(30(38)32-18-23-7-6-16-43-23)36(22-13-10-20(11-14-22)31(39)42-3)28(37)19-35-25-9-5-4-8-24(25)33-34-35/h4-5,8-15,17,23,29H,6-7,16,18-19H2,1-3H3,(H,32,38)/t23-,29+/m1/s1. The van der Waals surface area contributed by atoms with Crippen molar-refractivity contribution in [2.75, 3.05) is 39.4 Å². The summed E-state index contributed by atoms with van der Waals surface area (Å²) in [6, 6.07) is 17.5.